The molecule has 0 unspecified atom stereocenters. The number of benzene rings is 1. The van der Waals surface area contributed by atoms with Crippen LogP contribution in [0.3, 0.4) is 0 Å². The summed E-state index contributed by atoms with van der Waals surface area (Å²) in [6, 6.07) is 11.4. The van der Waals surface area contributed by atoms with Crippen LogP contribution < -0.4 is 5.32 Å². The largest absolute Gasteiger partial charge is 0.390 e. The molecule has 1 aromatic heterocycles. The fourth-order valence-electron chi connectivity index (χ4n) is 2.52. The first-order valence-electron chi connectivity index (χ1n) is 6.63. The molecular weight excluding hydrogens is 350 g/mol. The summed E-state index contributed by atoms with van der Waals surface area (Å²) < 4.78 is 1.03. The standard InChI is InChI=1S/C16H14BrNO2S/c17-14-7-5-11(21-14)6-8-15(20)18-16-12-4-2-1-3-10(12)9-13(16)19/h1-8,13,16,19H,9H2,(H,18,20)/b8-6+/t13-,16+/m0/s1. The van der Waals surface area contributed by atoms with Crippen molar-refractivity contribution < 1.29 is 9.90 Å². The quantitative estimate of drug-likeness (QED) is 0.822. The lowest BCUT2D eigenvalue weighted by Gasteiger charge is -2.16. The summed E-state index contributed by atoms with van der Waals surface area (Å²) in [5.41, 5.74) is 2.10. The molecule has 1 aromatic carbocycles. The Balaban J connectivity index is 1.69. The van der Waals surface area contributed by atoms with Gasteiger partial charge in [0.2, 0.25) is 5.91 Å². The van der Waals surface area contributed by atoms with E-state index >= 15 is 0 Å². The van der Waals surface area contributed by atoms with Gasteiger partial charge in [-0.2, -0.15) is 0 Å². The van der Waals surface area contributed by atoms with Crippen molar-refractivity contribution in [3.63, 3.8) is 0 Å². The number of fused-ring (bicyclic) bond motifs is 1. The molecule has 2 N–H and O–H groups in total. The predicted octanol–water partition coefficient (Wildman–Crippen LogP) is 3.30. The molecule has 2 aromatic rings. The summed E-state index contributed by atoms with van der Waals surface area (Å²) in [4.78, 5) is 13.0. The van der Waals surface area contributed by atoms with Crippen LogP contribution in [0.25, 0.3) is 6.08 Å². The van der Waals surface area contributed by atoms with Gasteiger partial charge in [0.15, 0.2) is 0 Å². The number of thiophene rings is 1. The van der Waals surface area contributed by atoms with E-state index < -0.39 is 6.10 Å². The summed E-state index contributed by atoms with van der Waals surface area (Å²) in [5.74, 6) is -0.194. The number of aliphatic hydroxyl groups is 1. The van der Waals surface area contributed by atoms with E-state index in [4.69, 9.17) is 0 Å². The van der Waals surface area contributed by atoms with Crippen LogP contribution in [-0.2, 0) is 11.2 Å². The molecule has 0 saturated carbocycles. The van der Waals surface area contributed by atoms with Gasteiger partial charge in [-0.25, -0.2) is 0 Å². The van der Waals surface area contributed by atoms with E-state index in [1.807, 2.05) is 36.4 Å². The highest BCUT2D eigenvalue weighted by molar-refractivity contribution is 9.11. The highest BCUT2D eigenvalue weighted by atomic mass is 79.9. The SMILES string of the molecule is O=C(/C=C/c1ccc(Br)s1)N[C@@H]1c2ccccc2C[C@@H]1O. The zero-order chi connectivity index (χ0) is 14.8. The molecule has 1 aliphatic carbocycles. The Kier molecular flexibility index (Phi) is 4.24. The van der Waals surface area contributed by atoms with E-state index in [0.29, 0.717) is 6.42 Å². The second-order valence-corrected chi connectivity index (χ2v) is 7.43. The summed E-state index contributed by atoms with van der Waals surface area (Å²) in [5, 5.41) is 13.0. The molecule has 0 aliphatic heterocycles. The van der Waals surface area contributed by atoms with Crippen LogP contribution in [-0.4, -0.2) is 17.1 Å². The Morgan fingerprint density at radius 3 is 2.90 bits per heavy atom. The Labute approximate surface area is 135 Å². The van der Waals surface area contributed by atoms with Crippen molar-refractivity contribution in [3.05, 3.63) is 62.3 Å². The van der Waals surface area contributed by atoms with Crippen molar-refractivity contribution in [2.45, 2.75) is 18.6 Å². The second-order valence-electron chi connectivity index (χ2n) is 4.93. The normalized spacial score (nSPS) is 20.7. The minimum atomic E-state index is -0.560. The van der Waals surface area contributed by atoms with Gasteiger partial charge in [0, 0.05) is 17.4 Å². The number of carbonyl (C=O) groups excluding carboxylic acids is 1. The van der Waals surface area contributed by atoms with Gasteiger partial charge in [0.05, 0.1) is 15.9 Å². The fourth-order valence-corrected chi connectivity index (χ4v) is 3.85. The van der Waals surface area contributed by atoms with Crippen LogP contribution in [0.2, 0.25) is 0 Å². The third-order valence-corrected chi connectivity index (χ3v) is 5.08. The summed E-state index contributed by atoms with van der Waals surface area (Å²) in [6.45, 7) is 0. The Hall–Kier alpha value is -1.43. The number of nitrogens with one attached hydrogen (secondary N) is 1. The van der Waals surface area contributed by atoms with Crippen molar-refractivity contribution in [2.24, 2.45) is 0 Å². The third-order valence-electron chi connectivity index (χ3n) is 3.49. The highest BCUT2D eigenvalue weighted by Gasteiger charge is 2.31. The third kappa shape index (κ3) is 3.26. The van der Waals surface area contributed by atoms with Gasteiger partial charge in [0.25, 0.3) is 0 Å². The number of amides is 1. The van der Waals surface area contributed by atoms with Crippen LogP contribution in [0.4, 0.5) is 0 Å². The van der Waals surface area contributed by atoms with E-state index in [-0.39, 0.29) is 11.9 Å². The van der Waals surface area contributed by atoms with Gasteiger partial charge < -0.3 is 10.4 Å². The molecule has 108 valence electrons. The molecular formula is C16H14BrNO2S. The highest BCUT2D eigenvalue weighted by Crippen LogP contribution is 2.31. The number of halogens is 1. The number of rotatable bonds is 3. The topological polar surface area (TPSA) is 49.3 Å². The van der Waals surface area contributed by atoms with Gasteiger partial charge in [-0.3, -0.25) is 4.79 Å². The summed E-state index contributed by atoms with van der Waals surface area (Å²) in [6.07, 6.45) is 3.31. The predicted molar refractivity (Wildman–Crippen MR) is 88.1 cm³/mol. The zero-order valence-corrected chi connectivity index (χ0v) is 13.5. The number of aliphatic hydroxyl groups excluding tert-OH is 1. The summed E-state index contributed by atoms with van der Waals surface area (Å²) >= 11 is 4.95. The number of hydrogen-bond donors (Lipinski definition) is 2. The van der Waals surface area contributed by atoms with Gasteiger partial charge in [0.1, 0.15) is 0 Å². The fraction of sp³-hybridized carbons (Fsp3) is 0.188. The minimum absolute atomic E-state index is 0.194. The first-order valence-corrected chi connectivity index (χ1v) is 8.24. The van der Waals surface area contributed by atoms with Crippen molar-refractivity contribution >= 4 is 39.2 Å². The van der Waals surface area contributed by atoms with Crippen molar-refractivity contribution in [1.82, 2.24) is 5.32 Å². The van der Waals surface area contributed by atoms with Gasteiger partial charge in [-0.1, -0.05) is 24.3 Å². The molecule has 21 heavy (non-hydrogen) atoms. The maximum atomic E-state index is 12.0. The van der Waals surface area contributed by atoms with Gasteiger partial charge in [-0.15, -0.1) is 11.3 Å². The van der Waals surface area contributed by atoms with E-state index in [1.165, 1.54) is 6.08 Å². The molecule has 1 aliphatic rings. The average Bonchev–Trinajstić information content (AvgIpc) is 3.01. The van der Waals surface area contributed by atoms with E-state index in [1.54, 1.807) is 17.4 Å². The molecule has 1 heterocycles. The maximum Gasteiger partial charge on any atom is 0.244 e. The van der Waals surface area contributed by atoms with E-state index in [9.17, 15) is 9.90 Å². The van der Waals surface area contributed by atoms with Crippen LogP contribution >= 0.6 is 27.3 Å². The van der Waals surface area contributed by atoms with E-state index in [0.717, 1.165) is 19.8 Å². The lowest BCUT2D eigenvalue weighted by Crippen LogP contribution is -2.32. The average molecular weight is 364 g/mol. The first-order chi connectivity index (χ1) is 10.1. The smallest absolute Gasteiger partial charge is 0.244 e. The van der Waals surface area contributed by atoms with Gasteiger partial charge in [-0.05, 0) is 45.3 Å². The van der Waals surface area contributed by atoms with Crippen molar-refractivity contribution in [1.29, 1.82) is 0 Å². The molecule has 0 saturated heterocycles. The summed E-state index contributed by atoms with van der Waals surface area (Å²) in [7, 11) is 0. The van der Waals surface area contributed by atoms with Crippen LogP contribution in [0.5, 0.6) is 0 Å². The van der Waals surface area contributed by atoms with Crippen LogP contribution in [0.1, 0.15) is 22.0 Å². The molecule has 3 nitrogen and oxygen atoms in total. The Bertz CT molecular complexity index is 695. The maximum absolute atomic E-state index is 12.0. The molecule has 0 fully saturated rings. The van der Waals surface area contributed by atoms with E-state index in [2.05, 4.69) is 21.2 Å². The zero-order valence-electron chi connectivity index (χ0n) is 11.1. The molecule has 5 heteroatoms. The lowest BCUT2D eigenvalue weighted by atomic mass is 10.1. The number of carbonyl (C=O) groups is 1. The molecule has 2 atom stereocenters. The monoisotopic (exact) mass is 363 g/mol. The molecule has 0 bridgehead atoms. The van der Waals surface area contributed by atoms with Crippen molar-refractivity contribution in [2.75, 3.05) is 0 Å². The lowest BCUT2D eigenvalue weighted by molar-refractivity contribution is -0.117. The molecule has 0 spiro atoms. The number of hydrogen-bond acceptors (Lipinski definition) is 3. The van der Waals surface area contributed by atoms with Crippen LogP contribution in [0.15, 0.2) is 46.3 Å². The van der Waals surface area contributed by atoms with Crippen LogP contribution in [0, 0.1) is 0 Å². The first kappa shape index (κ1) is 14.5. The second kappa shape index (κ2) is 6.13. The Morgan fingerprint density at radius 2 is 2.14 bits per heavy atom. The molecule has 0 radical (unpaired) electrons. The van der Waals surface area contributed by atoms with Crippen molar-refractivity contribution in [3.8, 4) is 0 Å². The molecule has 1 amide bonds. The van der Waals surface area contributed by atoms with Gasteiger partial charge >= 0.3 is 0 Å². The minimum Gasteiger partial charge on any atom is -0.390 e. The Morgan fingerprint density at radius 1 is 1.33 bits per heavy atom. The molecule has 3 rings (SSSR count).